The molecule has 1 N–H and O–H groups in total. The molecule has 0 atom stereocenters. The minimum atomic E-state index is -0.364. The molecule has 0 saturated carbocycles. The first-order chi connectivity index (χ1) is 8.19. The Morgan fingerprint density at radius 2 is 2.24 bits per heavy atom. The molecule has 0 radical (unpaired) electrons. The molecule has 2 aromatic rings. The van der Waals surface area contributed by atoms with Gasteiger partial charge < -0.3 is 4.98 Å². The van der Waals surface area contributed by atoms with Gasteiger partial charge in [-0.05, 0) is 24.6 Å². The highest BCUT2D eigenvalue weighted by Gasteiger charge is 2.03. The standard InChI is InChI=1S/C12H12FN3S/c1-2-3-9-6-11(17)16-12(15-9)10-5-4-8(13)7-14-10/h4-7H,2-3H2,1H3,(H,15,16,17). The number of aromatic nitrogens is 3. The van der Waals surface area contributed by atoms with Gasteiger partial charge in [-0.25, -0.2) is 14.4 Å². The minimum absolute atomic E-state index is 0.364. The Morgan fingerprint density at radius 1 is 1.41 bits per heavy atom. The summed E-state index contributed by atoms with van der Waals surface area (Å²) < 4.78 is 13.3. The summed E-state index contributed by atoms with van der Waals surface area (Å²) in [6.45, 7) is 2.09. The molecule has 3 nitrogen and oxygen atoms in total. The second-order valence-corrected chi connectivity index (χ2v) is 4.12. The molecule has 0 aliphatic carbocycles. The molecule has 0 fully saturated rings. The van der Waals surface area contributed by atoms with Crippen molar-refractivity contribution in [3.05, 3.63) is 40.5 Å². The maximum absolute atomic E-state index is 12.8. The van der Waals surface area contributed by atoms with E-state index in [0.29, 0.717) is 16.2 Å². The van der Waals surface area contributed by atoms with E-state index < -0.39 is 0 Å². The average molecular weight is 249 g/mol. The van der Waals surface area contributed by atoms with E-state index in [2.05, 4.69) is 21.9 Å². The van der Waals surface area contributed by atoms with E-state index in [4.69, 9.17) is 12.2 Å². The molecule has 2 aromatic heterocycles. The lowest BCUT2D eigenvalue weighted by Crippen LogP contribution is -1.97. The predicted molar refractivity (Wildman–Crippen MR) is 66.6 cm³/mol. The molecule has 17 heavy (non-hydrogen) atoms. The Morgan fingerprint density at radius 3 is 2.88 bits per heavy atom. The van der Waals surface area contributed by atoms with Gasteiger partial charge in [0.25, 0.3) is 0 Å². The number of H-pyrrole nitrogens is 1. The van der Waals surface area contributed by atoms with Crippen LogP contribution in [0, 0.1) is 10.5 Å². The lowest BCUT2D eigenvalue weighted by Gasteiger charge is -2.04. The fourth-order valence-electron chi connectivity index (χ4n) is 1.55. The maximum Gasteiger partial charge on any atom is 0.157 e. The molecule has 0 aromatic carbocycles. The zero-order valence-corrected chi connectivity index (χ0v) is 10.2. The molecule has 0 aliphatic rings. The van der Waals surface area contributed by atoms with Crippen LogP contribution in [0.2, 0.25) is 0 Å². The van der Waals surface area contributed by atoms with Gasteiger partial charge in [0.2, 0.25) is 0 Å². The van der Waals surface area contributed by atoms with Gasteiger partial charge in [0.1, 0.15) is 16.2 Å². The zero-order chi connectivity index (χ0) is 12.3. The van der Waals surface area contributed by atoms with Crippen molar-refractivity contribution in [2.45, 2.75) is 19.8 Å². The van der Waals surface area contributed by atoms with Crippen LogP contribution in [-0.4, -0.2) is 15.0 Å². The smallest absolute Gasteiger partial charge is 0.157 e. The highest BCUT2D eigenvalue weighted by Crippen LogP contribution is 2.13. The number of hydrogen-bond donors (Lipinski definition) is 1. The van der Waals surface area contributed by atoms with E-state index >= 15 is 0 Å². The van der Waals surface area contributed by atoms with E-state index in [1.54, 1.807) is 6.07 Å². The van der Waals surface area contributed by atoms with Crippen molar-refractivity contribution in [3.63, 3.8) is 0 Å². The van der Waals surface area contributed by atoms with Gasteiger partial charge in [0.05, 0.1) is 6.20 Å². The third kappa shape index (κ3) is 2.94. The molecular formula is C12H12FN3S. The van der Waals surface area contributed by atoms with Crippen molar-refractivity contribution in [3.8, 4) is 11.5 Å². The predicted octanol–water partition coefficient (Wildman–Crippen LogP) is 3.29. The summed E-state index contributed by atoms with van der Waals surface area (Å²) in [5.74, 6) is 0.220. The highest BCUT2D eigenvalue weighted by molar-refractivity contribution is 7.71. The van der Waals surface area contributed by atoms with Crippen molar-refractivity contribution >= 4 is 12.2 Å². The van der Waals surface area contributed by atoms with Crippen LogP contribution < -0.4 is 0 Å². The Bertz CT molecular complexity index is 563. The second kappa shape index (κ2) is 5.14. The normalized spacial score (nSPS) is 10.5. The van der Waals surface area contributed by atoms with Crippen molar-refractivity contribution in [2.75, 3.05) is 0 Å². The van der Waals surface area contributed by atoms with Crippen LogP contribution >= 0.6 is 12.2 Å². The summed E-state index contributed by atoms with van der Waals surface area (Å²) >= 11 is 5.09. The number of halogens is 1. The average Bonchev–Trinajstić information content (AvgIpc) is 2.29. The first-order valence-electron chi connectivity index (χ1n) is 5.41. The number of aryl methyl sites for hydroxylation is 1. The van der Waals surface area contributed by atoms with E-state index in [1.807, 2.05) is 6.07 Å². The minimum Gasteiger partial charge on any atom is -0.342 e. The zero-order valence-electron chi connectivity index (χ0n) is 9.40. The first kappa shape index (κ1) is 11.9. The number of rotatable bonds is 3. The SMILES string of the molecule is CCCc1cc(=S)nc(-c2ccc(F)cn2)[nH]1. The Kier molecular flexibility index (Phi) is 3.58. The van der Waals surface area contributed by atoms with E-state index in [9.17, 15) is 4.39 Å². The summed E-state index contributed by atoms with van der Waals surface area (Å²) in [6, 6.07) is 4.78. The summed E-state index contributed by atoms with van der Waals surface area (Å²) in [5, 5.41) is 0. The van der Waals surface area contributed by atoms with Gasteiger partial charge in [0.15, 0.2) is 5.82 Å². The molecule has 2 rings (SSSR count). The van der Waals surface area contributed by atoms with Gasteiger partial charge in [-0.1, -0.05) is 25.6 Å². The monoisotopic (exact) mass is 249 g/mol. The van der Waals surface area contributed by atoms with Gasteiger partial charge in [-0.3, -0.25) is 0 Å². The molecule has 0 bridgehead atoms. The summed E-state index contributed by atoms with van der Waals surface area (Å²) in [4.78, 5) is 11.3. The Labute approximate surface area is 104 Å². The van der Waals surface area contributed by atoms with Crippen LogP contribution in [0.4, 0.5) is 4.39 Å². The molecule has 0 spiro atoms. The maximum atomic E-state index is 12.8. The molecule has 0 aliphatic heterocycles. The van der Waals surface area contributed by atoms with Gasteiger partial charge in [0, 0.05) is 5.69 Å². The third-order valence-electron chi connectivity index (χ3n) is 2.29. The fraction of sp³-hybridized carbons (Fsp3) is 0.250. The van der Waals surface area contributed by atoms with Crippen LogP contribution in [0.5, 0.6) is 0 Å². The van der Waals surface area contributed by atoms with Crippen LogP contribution in [-0.2, 0) is 6.42 Å². The second-order valence-electron chi connectivity index (χ2n) is 3.70. The number of pyridine rings is 1. The summed E-state index contributed by atoms with van der Waals surface area (Å²) in [7, 11) is 0. The molecule has 0 saturated heterocycles. The van der Waals surface area contributed by atoms with E-state index in [-0.39, 0.29) is 5.82 Å². The Balaban J connectivity index is 2.44. The van der Waals surface area contributed by atoms with Crippen molar-refractivity contribution in [1.29, 1.82) is 0 Å². The van der Waals surface area contributed by atoms with E-state index in [1.165, 1.54) is 12.3 Å². The largest absolute Gasteiger partial charge is 0.342 e. The lowest BCUT2D eigenvalue weighted by molar-refractivity contribution is 0.621. The molecule has 0 amide bonds. The lowest BCUT2D eigenvalue weighted by atomic mass is 10.2. The quantitative estimate of drug-likeness (QED) is 0.849. The highest BCUT2D eigenvalue weighted by atomic mass is 32.1. The van der Waals surface area contributed by atoms with Crippen LogP contribution in [0.1, 0.15) is 19.0 Å². The number of nitrogens with one attached hydrogen (secondary N) is 1. The van der Waals surface area contributed by atoms with Gasteiger partial charge in [-0.15, -0.1) is 0 Å². The van der Waals surface area contributed by atoms with Crippen molar-refractivity contribution in [2.24, 2.45) is 0 Å². The van der Waals surface area contributed by atoms with Crippen LogP contribution in [0.3, 0.4) is 0 Å². The molecule has 5 heteroatoms. The topological polar surface area (TPSA) is 41.6 Å². The summed E-state index contributed by atoms with van der Waals surface area (Å²) in [6.07, 6.45) is 3.09. The third-order valence-corrected chi connectivity index (χ3v) is 2.50. The van der Waals surface area contributed by atoms with Crippen LogP contribution in [0.25, 0.3) is 11.5 Å². The summed E-state index contributed by atoms with van der Waals surface area (Å²) in [5.41, 5.74) is 1.61. The van der Waals surface area contributed by atoms with E-state index in [0.717, 1.165) is 18.5 Å². The van der Waals surface area contributed by atoms with Gasteiger partial charge in [-0.2, -0.15) is 0 Å². The fourth-order valence-corrected chi connectivity index (χ4v) is 1.78. The van der Waals surface area contributed by atoms with Crippen molar-refractivity contribution in [1.82, 2.24) is 15.0 Å². The number of hydrogen-bond acceptors (Lipinski definition) is 3. The molecule has 88 valence electrons. The first-order valence-corrected chi connectivity index (χ1v) is 5.82. The number of aromatic amines is 1. The van der Waals surface area contributed by atoms with Crippen molar-refractivity contribution < 1.29 is 4.39 Å². The number of nitrogens with zero attached hydrogens (tertiary/aromatic N) is 2. The Hall–Kier alpha value is -1.62. The molecule has 0 unspecified atom stereocenters. The van der Waals surface area contributed by atoms with Gasteiger partial charge >= 0.3 is 0 Å². The molecular weight excluding hydrogens is 237 g/mol. The molecule has 2 heterocycles. The van der Waals surface area contributed by atoms with Crippen LogP contribution in [0.15, 0.2) is 24.4 Å².